The molecule has 2 saturated heterocycles. The van der Waals surface area contributed by atoms with Crippen LogP contribution in [0.3, 0.4) is 0 Å². The quantitative estimate of drug-likeness (QED) is 0.739. The average molecular weight is 422 g/mol. The van der Waals surface area contributed by atoms with Gasteiger partial charge in [-0.1, -0.05) is 11.6 Å². The maximum Gasteiger partial charge on any atom is 0.511 e. The summed E-state index contributed by atoms with van der Waals surface area (Å²) < 4.78 is 21.7. The van der Waals surface area contributed by atoms with E-state index in [2.05, 4.69) is 10.1 Å². The highest BCUT2D eigenvalue weighted by molar-refractivity contribution is 6.36. The number of fused-ring (bicyclic) bond motifs is 2. The Bertz CT molecular complexity index is 1050. The van der Waals surface area contributed by atoms with Gasteiger partial charge in [0.15, 0.2) is 11.6 Å². The summed E-state index contributed by atoms with van der Waals surface area (Å²) in [6, 6.07) is 2.12. The lowest BCUT2D eigenvalue weighted by Gasteiger charge is -2.24. The predicted octanol–water partition coefficient (Wildman–Crippen LogP) is 3.37. The van der Waals surface area contributed by atoms with Gasteiger partial charge in [-0.3, -0.25) is 4.79 Å². The van der Waals surface area contributed by atoms with E-state index < -0.39 is 17.4 Å². The Balaban J connectivity index is 1.66. The summed E-state index contributed by atoms with van der Waals surface area (Å²) in [5, 5.41) is 12.1. The fourth-order valence-corrected chi connectivity index (χ4v) is 4.97. The minimum atomic E-state index is -1.59. The van der Waals surface area contributed by atoms with E-state index in [1.54, 1.807) is 10.6 Å². The third kappa shape index (κ3) is 3.14. The molecule has 1 aromatic heterocycles. The van der Waals surface area contributed by atoms with Gasteiger partial charge in [0, 0.05) is 25.2 Å². The van der Waals surface area contributed by atoms with Crippen molar-refractivity contribution >= 4 is 34.3 Å². The van der Waals surface area contributed by atoms with Gasteiger partial charge in [0.05, 0.1) is 27.8 Å². The highest BCUT2D eigenvalue weighted by Crippen LogP contribution is 2.42. The Labute approximate surface area is 171 Å². The van der Waals surface area contributed by atoms with E-state index in [9.17, 15) is 9.59 Å². The van der Waals surface area contributed by atoms with Crippen LogP contribution >= 0.6 is 11.6 Å². The van der Waals surface area contributed by atoms with Crippen LogP contribution in [0.25, 0.3) is 10.9 Å². The third-order valence-corrected chi connectivity index (χ3v) is 6.58. The summed E-state index contributed by atoms with van der Waals surface area (Å²) in [7, 11) is 0. The van der Waals surface area contributed by atoms with Gasteiger partial charge < -0.3 is 24.6 Å². The molecule has 1 aliphatic carbocycles. The van der Waals surface area contributed by atoms with Crippen LogP contribution in [-0.4, -0.2) is 41.5 Å². The first kappa shape index (κ1) is 18.7. The molecule has 5 rings (SSSR count). The van der Waals surface area contributed by atoms with Gasteiger partial charge in [-0.15, -0.1) is 0 Å². The van der Waals surface area contributed by atoms with E-state index >= 15 is 4.39 Å². The van der Waals surface area contributed by atoms with Gasteiger partial charge in [-0.05, 0) is 44.2 Å². The zero-order chi connectivity index (χ0) is 20.3. The van der Waals surface area contributed by atoms with Crippen LogP contribution < -0.4 is 20.4 Å². The normalized spacial score (nSPS) is 24.0. The van der Waals surface area contributed by atoms with Crippen LogP contribution in [0.1, 0.15) is 31.7 Å². The molecule has 7 nitrogen and oxygen atoms in total. The first-order valence-corrected chi connectivity index (χ1v) is 10.3. The number of nitrogens with zero attached hydrogens (tertiary/aromatic N) is 2. The second-order valence-electron chi connectivity index (χ2n) is 8.11. The van der Waals surface area contributed by atoms with Crippen LogP contribution in [0, 0.1) is 11.7 Å². The monoisotopic (exact) mass is 421 g/mol. The summed E-state index contributed by atoms with van der Waals surface area (Å²) in [6.45, 7) is 2.41. The number of halogens is 2. The van der Waals surface area contributed by atoms with Gasteiger partial charge in [0.2, 0.25) is 5.43 Å². The number of ether oxygens (including phenoxy) is 1. The van der Waals surface area contributed by atoms with Gasteiger partial charge in [-0.2, -0.15) is 0 Å². The molecular weight excluding hydrogens is 401 g/mol. The zero-order valence-corrected chi connectivity index (χ0v) is 16.4. The van der Waals surface area contributed by atoms with Gasteiger partial charge in [0.1, 0.15) is 0 Å². The summed E-state index contributed by atoms with van der Waals surface area (Å²) in [5.74, 6) is -0.540. The third-order valence-electron chi connectivity index (χ3n) is 6.23. The van der Waals surface area contributed by atoms with Crippen LogP contribution in [0.2, 0.25) is 5.02 Å². The van der Waals surface area contributed by atoms with Crippen LogP contribution in [0.5, 0.6) is 5.75 Å². The second kappa shape index (κ2) is 6.88. The van der Waals surface area contributed by atoms with E-state index in [0.717, 1.165) is 38.8 Å². The molecule has 29 heavy (non-hydrogen) atoms. The van der Waals surface area contributed by atoms with Gasteiger partial charge >= 0.3 is 6.16 Å². The Morgan fingerprint density at radius 1 is 1.31 bits per heavy atom. The maximum atomic E-state index is 15.3. The largest absolute Gasteiger partial charge is 0.511 e. The molecule has 2 atom stereocenters. The van der Waals surface area contributed by atoms with E-state index in [-0.39, 0.29) is 22.2 Å². The number of rotatable bonds is 3. The van der Waals surface area contributed by atoms with Crippen LogP contribution in [0.15, 0.2) is 17.1 Å². The summed E-state index contributed by atoms with van der Waals surface area (Å²) in [5.41, 5.74) is 0.186. The molecule has 3 heterocycles. The standard InChI is InChI=1S/C20H21ClFN3O4/c21-17-16-13(25(11-3-4-11)9-15(19(16)26)29-20(27)28)6-14(18(17)22)24-7-10-2-1-5-23-12(10)8-24/h6,9-12,23H,1-5,7-8H2,(H,27,28). The minimum Gasteiger partial charge on any atom is -0.449 e. The molecule has 1 aromatic carbocycles. The number of anilines is 1. The molecule has 2 aromatic rings. The number of hydrogen-bond donors (Lipinski definition) is 2. The highest BCUT2D eigenvalue weighted by atomic mass is 35.5. The van der Waals surface area contributed by atoms with Crippen molar-refractivity contribution in [2.75, 3.05) is 24.5 Å². The number of carboxylic acid groups (broad SMARTS) is 1. The van der Waals surface area contributed by atoms with Crippen molar-refractivity contribution in [2.24, 2.45) is 5.92 Å². The van der Waals surface area contributed by atoms with Crippen molar-refractivity contribution in [3.8, 4) is 5.75 Å². The molecule has 0 amide bonds. The maximum absolute atomic E-state index is 15.3. The number of carbonyl (C=O) groups is 1. The summed E-state index contributed by atoms with van der Waals surface area (Å²) in [4.78, 5) is 25.8. The van der Waals surface area contributed by atoms with Crippen LogP contribution in [0.4, 0.5) is 14.9 Å². The Morgan fingerprint density at radius 2 is 2.10 bits per heavy atom. The van der Waals surface area contributed by atoms with Crippen molar-refractivity contribution in [3.05, 3.63) is 33.3 Å². The average Bonchev–Trinajstić information content (AvgIpc) is 3.44. The molecule has 9 heteroatoms. The molecule has 2 aliphatic heterocycles. The molecule has 0 spiro atoms. The number of nitrogens with one attached hydrogen (secondary N) is 1. The molecule has 3 fully saturated rings. The second-order valence-corrected chi connectivity index (χ2v) is 8.49. The van der Waals surface area contributed by atoms with E-state index in [1.165, 1.54) is 6.20 Å². The first-order valence-electron chi connectivity index (χ1n) is 9.90. The molecule has 2 N–H and O–H groups in total. The van der Waals surface area contributed by atoms with Crippen molar-refractivity contribution in [2.45, 2.75) is 37.8 Å². The molecule has 0 radical (unpaired) electrons. The molecule has 3 aliphatic rings. The fourth-order valence-electron chi connectivity index (χ4n) is 4.69. The Hall–Kier alpha value is -2.32. The van der Waals surface area contributed by atoms with Gasteiger partial charge in [-0.25, -0.2) is 9.18 Å². The Morgan fingerprint density at radius 3 is 2.79 bits per heavy atom. The molecule has 2 unspecified atom stereocenters. The van der Waals surface area contributed by atoms with E-state index in [4.69, 9.17) is 16.7 Å². The number of pyridine rings is 1. The highest BCUT2D eigenvalue weighted by Gasteiger charge is 2.36. The first-order chi connectivity index (χ1) is 13.9. The van der Waals surface area contributed by atoms with Crippen LogP contribution in [-0.2, 0) is 0 Å². The SMILES string of the molecule is O=C(O)Oc1cn(C2CC2)c2cc(N3CC4CCCNC4C3)c(F)c(Cl)c2c1=O. The zero-order valence-electron chi connectivity index (χ0n) is 15.7. The summed E-state index contributed by atoms with van der Waals surface area (Å²) in [6.07, 6.45) is 3.83. The predicted molar refractivity (Wildman–Crippen MR) is 107 cm³/mol. The fraction of sp³-hybridized carbons (Fsp3) is 0.500. The smallest absolute Gasteiger partial charge is 0.449 e. The van der Waals surface area contributed by atoms with Crippen molar-refractivity contribution < 1.29 is 19.0 Å². The number of piperidine rings is 1. The van der Waals surface area contributed by atoms with E-state index in [0.29, 0.717) is 29.7 Å². The minimum absolute atomic E-state index is 0.0340. The number of benzene rings is 1. The summed E-state index contributed by atoms with van der Waals surface area (Å²) >= 11 is 6.34. The topological polar surface area (TPSA) is 83.8 Å². The number of hydrogen-bond acceptors (Lipinski definition) is 5. The number of aromatic nitrogens is 1. The molecule has 154 valence electrons. The van der Waals surface area contributed by atoms with E-state index in [1.807, 2.05) is 4.90 Å². The lowest BCUT2D eigenvalue weighted by atomic mass is 9.94. The van der Waals surface area contributed by atoms with Crippen molar-refractivity contribution in [1.82, 2.24) is 9.88 Å². The lowest BCUT2D eigenvalue weighted by molar-refractivity contribution is 0.143. The molecule has 1 saturated carbocycles. The Kier molecular flexibility index (Phi) is 4.43. The van der Waals surface area contributed by atoms with Crippen molar-refractivity contribution in [3.63, 3.8) is 0 Å². The lowest BCUT2D eigenvalue weighted by Crippen LogP contribution is -2.40. The van der Waals surface area contributed by atoms with Gasteiger partial charge in [0.25, 0.3) is 0 Å². The molecular formula is C20H21ClFN3O4. The van der Waals surface area contributed by atoms with Crippen molar-refractivity contribution in [1.29, 1.82) is 0 Å². The molecule has 0 bridgehead atoms.